The Morgan fingerprint density at radius 3 is 2.28 bits per heavy atom. The van der Waals surface area contributed by atoms with Crippen molar-refractivity contribution < 1.29 is 9.53 Å². The number of likely N-dealkylation sites (tertiary alicyclic amines) is 1. The maximum absolute atomic E-state index is 12.6. The molecule has 0 N–H and O–H groups in total. The minimum absolute atomic E-state index is 0.102. The van der Waals surface area contributed by atoms with Gasteiger partial charge in [-0.15, -0.1) is 0 Å². The molecule has 0 aliphatic carbocycles. The van der Waals surface area contributed by atoms with E-state index in [0.717, 1.165) is 44.0 Å². The van der Waals surface area contributed by atoms with Crippen LogP contribution in [0.4, 0.5) is 0 Å². The lowest BCUT2D eigenvalue weighted by Gasteiger charge is -2.33. The van der Waals surface area contributed by atoms with E-state index >= 15 is 0 Å². The first kappa shape index (κ1) is 17.5. The van der Waals surface area contributed by atoms with Crippen LogP contribution in [0.1, 0.15) is 31.7 Å². The predicted octanol–water partition coefficient (Wildman–Crippen LogP) is 4.33. The van der Waals surface area contributed by atoms with Crippen LogP contribution in [0.3, 0.4) is 0 Å². The number of benzene rings is 2. The van der Waals surface area contributed by atoms with E-state index in [1.807, 2.05) is 42.2 Å². The van der Waals surface area contributed by atoms with E-state index in [0.29, 0.717) is 0 Å². The van der Waals surface area contributed by atoms with Gasteiger partial charge in [0.15, 0.2) is 6.10 Å². The normalized spacial score (nSPS) is 16.4. The van der Waals surface area contributed by atoms with Crippen molar-refractivity contribution in [3.63, 3.8) is 0 Å². The van der Waals surface area contributed by atoms with E-state index in [1.165, 1.54) is 12.0 Å². The Morgan fingerprint density at radius 2 is 1.64 bits per heavy atom. The smallest absolute Gasteiger partial charge is 0.263 e. The average Bonchev–Trinajstić information content (AvgIpc) is 2.68. The molecule has 25 heavy (non-hydrogen) atoms. The lowest BCUT2D eigenvalue weighted by atomic mass is 9.90. The van der Waals surface area contributed by atoms with Gasteiger partial charge in [-0.3, -0.25) is 4.79 Å². The number of rotatable bonds is 6. The van der Waals surface area contributed by atoms with Crippen molar-refractivity contribution in [1.82, 2.24) is 4.90 Å². The summed E-state index contributed by atoms with van der Waals surface area (Å²) < 4.78 is 5.77. The molecule has 0 aromatic heterocycles. The van der Waals surface area contributed by atoms with E-state index in [2.05, 4.69) is 30.3 Å². The lowest BCUT2D eigenvalue weighted by Crippen LogP contribution is -2.44. The first-order valence-electron chi connectivity index (χ1n) is 9.27. The van der Waals surface area contributed by atoms with Gasteiger partial charge in [-0.1, -0.05) is 48.5 Å². The molecule has 0 saturated carbocycles. The molecule has 1 saturated heterocycles. The summed E-state index contributed by atoms with van der Waals surface area (Å²) in [4.78, 5) is 14.6. The topological polar surface area (TPSA) is 29.5 Å². The molecule has 1 aliphatic heterocycles. The van der Waals surface area contributed by atoms with E-state index in [-0.39, 0.29) is 5.91 Å². The van der Waals surface area contributed by atoms with E-state index in [9.17, 15) is 4.79 Å². The Bertz CT molecular complexity index is 648. The quantitative estimate of drug-likeness (QED) is 0.785. The highest BCUT2D eigenvalue weighted by Gasteiger charge is 2.26. The summed E-state index contributed by atoms with van der Waals surface area (Å²) >= 11 is 0. The maximum atomic E-state index is 12.6. The Kier molecular flexibility index (Phi) is 6.10. The number of aryl methyl sites for hydroxylation is 1. The van der Waals surface area contributed by atoms with Crippen LogP contribution in [-0.4, -0.2) is 30.0 Å². The van der Waals surface area contributed by atoms with Crippen molar-refractivity contribution in [1.29, 1.82) is 0 Å². The molecule has 0 radical (unpaired) electrons. The van der Waals surface area contributed by atoms with Crippen LogP contribution < -0.4 is 4.74 Å². The first-order valence-corrected chi connectivity index (χ1v) is 9.27. The fraction of sp³-hybridized carbons (Fsp3) is 0.409. The van der Waals surface area contributed by atoms with Crippen molar-refractivity contribution >= 4 is 5.91 Å². The lowest BCUT2D eigenvalue weighted by molar-refractivity contribution is -0.139. The molecule has 3 nitrogen and oxygen atoms in total. The van der Waals surface area contributed by atoms with Gasteiger partial charge in [0.25, 0.3) is 5.91 Å². The van der Waals surface area contributed by atoms with Crippen LogP contribution in [0.25, 0.3) is 0 Å². The molecule has 1 amide bonds. The minimum atomic E-state index is -0.428. The van der Waals surface area contributed by atoms with Crippen LogP contribution in [0.15, 0.2) is 60.7 Å². The average molecular weight is 337 g/mol. The number of para-hydroxylation sites is 1. The molecule has 1 atom stereocenters. The number of hydrogen-bond donors (Lipinski definition) is 0. The second-order valence-electron chi connectivity index (χ2n) is 6.87. The largest absolute Gasteiger partial charge is 0.481 e. The Balaban J connectivity index is 1.42. The SMILES string of the molecule is CC(Oc1ccccc1)C(=O)N1CCC(CCc2ccccc2)CC1. The van der Waals surface area contributed by atoms with Crippen molar-refractivity contribution in [2.75, 3.05) is 13.1 Å². The highest BCUT2D eigenvalue weighted by molar-refractivity contribution is 5.81. The number of ether oxygens (including phenoxy) is 1. The molecular formula is C22H27NO2. The van der Waals surface area contributed by atoms with E-state index in [1.54, 1.807) is 0 Å². The van der Waals surface area contributed by atoms with Gasteiger partial charge in [0, 0.05) is 13.1 Å². The zero-order valence-electron chi connectivity index (χ0n) is 14.9. The molecule has 2 aromatic rings. The standard InChI is InChI=1S/C22H27NO2/c1-18(25-21-10-6-3-7-11-21)22(24)23-16-14-20(15-17-23)13-12-19-8-4-2-5-9-19/h2-11,18,20H,12-17H2,1H3. The van der Waals surface area contributed by atoms with Crippen LogP contribution in [0, 0.1) is 5.92 Å². The fourth-order valence-electron chi connectivity index (χ4n) is 3.47. The third kappa shape index (κ3) is 5.09. The van der Waals surface area contributed by atoms with Gasteiger partial charge >= 0.3 is 0 Å². The van der Waals surface area contributed by atoms with Gasteiger partial charge in [0.05, 0.1) is 0 Å². The van der Waals surface area contributed by atoms with Gasteiger partial charge in [-0.05, 0) is 56.2 Å². The molecule has 2 aromatic carbocycles. The summed E-state index contributed by atoms with van der Waals surface area (Å²) in [5.74, 6) is 1.57. The highest BCUT2D eigenvalue weighted by Crippen LogP contribution is 2.23. The van der Waals surface area contributed by atoms with Crippen LogP contribution >= 0.6 is 0 Å². The number of carbonyl (C=O) groups is 1. The first-order chi connectivity index (χ1) is 12.2. The summed E-state index contributed by atoms with van der Waals surface area (Å²) in [6, 6.07) is 20.2. The summed E-state index contributed by atoms with van der Waals surface area (Å²) in [6.45, 7) is 3.54. The molecule has 0 bridgehead atoms. The Labute approximate surface area is 150 Å². The van der Waals surface area contributed by atoms with Crippen molar-refractivity contribution in [2.24, 2.45) is 5.92 Å². The molecular weight excluding hydrogens is 310 g/mol. The van der Waals surface area contributed by atoms with Crippen molar-refractivity contribution in [2.45, 2.75) is 38.7 Å². The molecule has 3 rings (SSSR count). The van der Waals surface area contributed by atoms with Gasteiger partial charge in [0.2, 0.25) is 0 Å². The monoisotopic (exact) mass is 337 g/mol. The number of carbonyl (C=O) groups excluding carboxylic acids is 1. The molecule has 132 valence electrons. The summed E-state index contributed by atoms with van der Waals surface area (Å²) in [6.07, 6.45) is 4.10. The third-order valence-corrected chi connectivity index (χ3v) is 5.01. The van der Waals surface area contributed by atoms with Crippen LogP contribution in [-0.2, 0) is 11.2 Å². The number of piperidine rings is 1. The minimum Gasteiger partial charge on any atom is -0.481 e. The Hall–Kier alpha value is -2.29. The number of hydrogen-bond acceptors (Lipinski definition) is 2. The van der Waals surface area contributed by atoms with Crippen molar-refractivity contribution in [3.8, 4) is 5.75 Å². The fourth-order valence-corrected chi connectivity index (χ4v) is 3.47. The maximum Gasteiger partial charge on any atom is 0.263 e. The summed E-state index contributed by atoms with van der Waals surface area (Å²) in [5.41, 5.74) is 1.41. The van der Waals surface area contributed by atoms with Crippen LogP contribution in [0.5, 0.6) is 5.75 Å². The second-order valence-corrected chi connectivity index (χ2v) is 6.87. The van der Waals surface area contributed by atoms with E-state index in [4.69, 9.17) is 4.74 Å². The molecule has 1 unspecified atom stereocenters. The third-order valence-electron chi connectivity index (χ3n) is 5.01. The van der Waals surface area contributed by atoms with E-state index < -0.39 is 6.10 Å². The highest BCUT2D eigenvalue weighted by atomic mass is 16.5. The van der Waals surface area contributed by atoms with Crippen LogP contribution in [0.2, 0.25) is 0 Å². The molecule has 3 heteroatoms. The van der Waals surface area contributed by atoms with Gasteiger partial charge in [0.1, 0.15) is 5.75 Å². The van der Waals surface area contributed by atoms with Gasteiger partial charge in [-0.25, -0.2) is 0 Å². The van der Waals surface area contributed by atoms with Crippen molar-refractivity contribution in [3.05, 3.63) is 66.2 Å². The molecule has 1 heterocycles. The second kappa shape index (κ2) is 8.70. The predicted molar refractivity (Wildman–Crippen MR) is 101 cm³/mol. The zero-order valence-corrected chi connectivity index (χ0v) is 14.9. The van der Waals surface area contributed by atoms with Gasteiger partial charge < -0.3 is 9.64 Å². The molecule has 0 spiro atoms. The number of amides is 1. The number of nitrogens with zero attached hydrogens (tertiary/aromatic N) is 1. The summed E-state index contributed by atoms with van der Waals surface area (Å²) in [5, 5.41) is 0. The Morgan fingerprint density at radius 1 is 1.04 bits per heavy atom. The molecule has 1 aliphatic rings. The van der Waals surface area contributed by atoms with Gasteiger partial charge in [-0.2, -0.15) is 0 Å². The zero-order chi connectivity index (χ0) is 17.5. The molecule has 1 fully saturated rings. The summed E-state index contributed by atoms with van der Waals surface area (Å²) in [7, 11) is 0.